The normalized spacial score (nSPS) is 13.2. The quantitative estimate of drug-likeness (QED) is 0.798. The number of carbonyl (C=O) groups is 1. The molecule has 0 aliphatic rings. The lowest BCUT2D eigenvalue weighted by molar-refractivity contribution is -0.140. The van der Waals surface area contributed by atoms with Crippen molar-refractivity contribution in [3.8, 4) is 0 Å². The van der Waals surface area contributed by atoms with Crippen LogP contribution in [0.3, 0.4) is 0 Å². The molecule has 0 aromatic carbocycles. The molecule has 4 heteroatoms. The number of carboxylic acids is 1. The maximum Gasteiger partial charge on any atom is 0.312 e. The molecule has 4 nitrogen and oxygen atoms in total. The van der Waals surface area contributed by atoms with Gasteiger partial charge in [0, 0.05) is 7.05 Å². The van der Waals surface area contributed by atoms with Crippen LogP contribution in [-0.4, -0.2) is 20.9 Å². The summed E-state index contributed by atoms with van der Waals surface area (Å²) in [6.45, 7) is 5.71. The van der Waals surface area contributed by atoms with Crippen LogP contribution in [0, 0.1) is 12.8 Å². The predicted octanol–water partition coefficient (Wildman–Crippen LogP) is 1.55. The van der Waals surface area contributed by atoms with Crippen molar-refractivity contribution >= 4 is 5.97 Å². The Kier molecular flexibility index (Phi) is 2.93. The van der Waals surface area contributed by atoms with Crippen molar-refractivity contribution in [3.63, 3.8) is 0 Å². The minimum atomic E-state index is -0.785. The van der Waals surface area contributed by atoms with E-state index in [1.807, 2.05) is 20.8 Å². The smallest absolute Gasteiger partial charge is 0.312 e. The van der Waals surface area contributed by atoms with Crippen LogP contribution in [0.15, 0.2) is 6.20 Å². The fourth-order valence-electron chi connectivity index (χ4n) is 1.72. The van der Waals surface area contributed by atoms with Crippen LogP contribution in [0.1, 0.15) is 31.0 Å². The van der Waals surface area contributed by atoms with Gasteiger partial charge < -0.3 is 5.11 Å². The Morgan fingerprint density at radius 2 is 2.14 bits per heavy atom. The number of nitrogens with zero attached hydrogens (tertiary/aromatic N) is 2. The molecule has 1 aromatic heterocycles. The van der Waals surface area contributed by atoms with E-state index in [9.17, 15) is 4.79 Å². The van der Waals surface area contributed by atoms with Gasteiger partial charge in [-0.15, -0.1) is 0 Å². The minimum absolute atomic E-state index is 0.0709. The maximum absolute atomic E-state index is 11.1. The average Bonchev–Trinajstić information content (AvgIpc) is 2.34. The van der Waals surface area contributed by atoms with E-state index in [4.69, 9.17) is 5.11 Å². The van der Waals surface area contributed by atoms with Crippen molar-refractivity contribution in [3.05, 3.63) is 17.5 Å². The summed E-state index contributed by atoms with van der Waals surface area (Å²) in [6.07, 6.45) is 1.70. The van der Waals surface area contributed by atoms with Crippen LogP contribution < -0.4 is 0 Å². The topological polar surface area (TPSA) is 55.1 Å². The third-order valence-electron chi connectivity index (χ3n) is 2.40. The summed E-state index contributed by atoms with van der Waals surface area (Å²) in [6, 6.07) is 0. The fraction of sp³-hybridized carbons (Fsp3) is 0.600. The van der Waals surface area contributed by atoms with Gasteiger partial charge in [0.25, 0.3) is 0 Å². The largest absolute Gasteiger partial charge is 0.481 e. The van der Waals surface area contributed by atoms with E-state index < -0.39 is 11.9 Å². The highest BCUT2D eigenvalue weighted by atomic mass is 16.4. The molecule has 1 aromatic rings. The molecule has 1 atom stereocenters. The van der Waals surface area contributed by atoms with Gasteiger partial charge in [0.1, 0.15) is 5.92 Å². The predicted molar refractivity (Wildman–Crippen MR) is 53.2 cm³/mol. The van der Waals surface area contributed by atoms with Gasteiger partial charge >= 0.3 is 5.97 Å². The van der Waals surface area contributed by atoms with E-state index in [0.717, 1.165) is 11.3 Å². The molecule has 14 heavy (non-hydrogen) atoms. The Balaban J connectivity index is 3.17. The Bertz CT molecular complexity index is 322. The highest BCUT2D eigenvalue weighted by Gasteiger charge is 2.27. The number of aromatic nitrogens is 2. The molecular weight excluding hydrogens is 180 g/mol. The van der Waals surface area contributed by atoms with E-state index >= 15 is 0 Å². The lowest BCUT2D eigenvalue weighted by Gasteiger charge is -2.17. The Morgan fingerprint density at radius 3 is 2.43 bits per heavy atom. The molecule has 0 aliphatic heterocycles. The maximum atomic E-state index is 11.1. The molecule has 78 valence electrons. The van der Waals surface area contributed by atoms with Crippen molar-refractivity contribution in [2.45, 2.75) is 26.7 Å². The molecule has 0 saturated heterocycles. The Hall–Kier alpha value is -1.32. The molecule has 0 spiro atoms. The number of aliphatic carboxylic acids is 1. The highest BCUT2D eigenvalue weighted by Crippen LogP contribution is 2.26. The summed E-state index contributed by atoms with van der Waals surface area (Å²) in [4.78, 5) is 11.1. The first kappa shape index (κ1) is 10.8. The molecule has 0 saturated carbocycles. The van der Waals surface area contributed by atoms with Gasteiger partial charge in [-0.05, 0) is 18.4 Å². The minimum Gasteiger partial charge on any atom is -0.481 e. The van der Waals surface area contributed by atoms with Crippen molar-refractivity contribution in [1.82, 2.24) is 9.78 Å². The Labute approximate surface area is 83.5 Å². The van der Waals surface area contributed by atoms with E-state index in [0.29, 0.717) is 0 Å². The van der Waals surface area contributed by atoms with Crippen LogP contribution in [-0.2, 0) is 11.8 Å². The van der Waals surface area contributed by atoms with Gasteiger partial charge in [-0.2, -0.15) is 5.10 Å². The SMILES string of the molecule is Cc1cnn(C)c1C(C(=O)O)C(C)C. The average molecular weight is 196 g/mol. The number of rotatable bonds is 3. The number of hydrogen-bond acceptors (Lipinski definition) is 2. The molecule has 1 unspecified atom stereocenters. The summed E-state index contributed by atoms with van der Waals surface area (Å²) < 4.78 is 1.65. The zero-order valence-corrected chi connectivity index (χ0v) is 8.98. The zero-order chi connectivity index (χ0) is 10.9. The van der Waals surface area contributed by atoms with Crippen molar-refractivity contribution < 1.29 is 9.90 Å². The van der Waals surface area contributed by atoms with Crippen molar-refractivity contribution in [2.24, 2.45) is 13.0 Å². The van der Waals surface area contributed by atoms with Gasteiger partial charge in [0.2, 0.25) is 0 Å². The van der Waals surface area contributed by atoms with Crippen LogP contribution >= 0.6 is 0 Å². The molecule has 1 N–H and O–H groups in total. The lowest BCUT2D eigenvalue weighted by Crippen LogP contribution is -2.21. The van der Waals surface area contributed by atoms with Gasteiger partial charge in [0.15, 0.2) is 0 Å². The lowest BCUT2D eigenvalue weighted by atomic mass is 9.91. The van der Waals surface area contributed by atoms with Crippen LogP contribution in [0.25, 0.3) is 0 Å². The summed E-state index contributed by atoms with van der Waals surface area (Å²) in [7, 11) is 1.78. The monoisotopic (exact) mass is 196 g/mol. The third kappa shape index (κ3) is 1.78. The molecule has 1 heterocycles. The second-order valence-corrected chi connectivity index (χ2v) is 3.90. The van der Waals surface area contributed by atoms with Crippen LogP contribution in [0.4, 0.5) is 0 Å². The number of aryl methyl sites for hydroxylation is 2. The van der Waals surface area contributed by atoms with E-state index in [1.54, 1.807) is 17.9 Å². The number of hydrogen-bond donors (Lipinski definition) is 1. The van der Waals surface area contributed by atoms with Gasteiger partial charge in [-0.1, -0.05) is 13.8 Å². The van der Waals surface area contributed by atoms with E-state index in [1.165, 1.54) is 0 Å². The number of carboxylic acid groups (broad SMARTS) is 1. The van der Waals surface area contributed by atoms with Crippen LogP contribution in [0.5, 0.6) is 0 Å². The molecule has 0 aliphatic carbocycles. The zero-order valence-electron chi connectivity index (χ0n) is 8.98. The summed E-state index contributed by atoms with van der Waals surface area (Å²) in [5.74, 6) is -1.18. The molecule has 0 bridgehead atoms. The molecular formula is C10H16N2O2. The van der Waals surface area contributed by atoms with Gasteiger partial charge in [-0.3, -0.25) is 9.48 Å². The summed E-state index contributed by atoms with van der Waals surface area (Å²) >= 11 is 0. The summed E-state index contributed by atoms with van der Waals surface area (Å²) in [5.41, 5.74) is 1.74. The molecule has 0 amide bonds. The van der Waals surface area contributed by atoms with Crippen LogP contribution in [0.2, 0.25) is 0 Å². The second kappa shape index (κ2) is 3.82. The summed E-state index contributed by atoms with van der Waals surface area (Å²) in [5, 5.41) is 13.2. The van der Waals surface area contributed by atoms with Crippen molar-refractivity contribution in [1.29, 1.82) is 0 Å². The molecule has 0 radical (unpaired) electrons. The van der Waals surface area contributed by atoms with E-state index in [-0.39, 0.29) is 5.92 Å². The first-order valence-corrected chi connectivity index (χ1v) is 4.66. The highest BCUT2D eigenvalue weighted by molar-refractivity contribution is 5.76. The standard InChI is InChI=1S/C10H16N2O2/c1-6(2)8(10(13)14)9-7(3)5-11-12(9)4/h5-6,8H,1-4H3,(H,13,14). The van der Waals surface area contributed by atoms with Crippen molar-refractivity contribution in [2.75, 3.05) is 0 Å². The van der Waals surface area contributed by atoms with Gasteiger partial charge in [0.05, 0.1) is 11.9 Å². The first-order chi connectivity index (χ1) is 6.45. The molecule has 0 fully saturated rings. The third-order valence-corrected chi connectivity index (χ3v) is 2.40. The fourth-order valence-corrected chi connectivity index (χ4v) is 1.72. The van der Waals surface area contributed by atoms with E-state index in [2.05, 4.69) is 5.10 Å². The molecule has 1 rings (SSSR count). The second-order valence-electron chi connectivity index (χ2n) is 3.90. The first-order valence-electron chi connectivity index (χ1n) is 4.66. The Morgan fingerprint density at radius 1 is 1.57 bits per heavy atom. The van der Waals surface area contributed by atoms with Gasteiger partial charge in [-0.25, -0.2) is 0 Å².